The third kappa shape index (κ3) is 3.59. The molecule has 0 bridgehead atoms. The number of aromatic nitrogens is 1. The van der Waals surface area contributed by atoms with Crippen molar-refractivity contribution in [2.24, 2.45) is 0 Å². The van der Waals surface area contributed by atoms with Crippen molar-refractivity contribution >= 4 is 28.3 Å². The van der Waals surface area contributed by atoms with Gasteiger partial charge in [-0.15, -0.1) is 0 Å². The smallest absolute Gasteiger partial charge is 0.212 e. The maximum atomic E-state index is 5.02. The number of hydrogen-bond acceptors (Lipinski definition) is 3. The molecule has 0 radical (unpaired) electrons. The van der Waals surface area contributed by atoms with Crippen LogP contribution < -0.4 is 10.1 Å². The molecule has 0 aliphatic carbocycles. The van der Waals surface area contributed by atoms with Gasteiger partial charge in [0, 0.05) is 28.1 Å². The summed E-state index contributed by atoms with van der Waals surface area (Å²) in [6.45, 7) is 0.761. The number of methoxy groups -OCH3 is 1. The Bertz CT molecular complexity index is 485. The van der Waals surface area contributed by atoms with Crippen LogP contribution in [0.25, 0.3) is 0 Å². The van der Waals surface area contributed by atoms with Crippen LogP contribution >= 0.6 is 22.6 Å². The number of ether oxygens (including phenoxy) is 1. The molecule has 1 heterocycles. The fraction of sp³-hybridized carbons (Fsp3) is 0.154. The van der Waals surface area contributed by atoms with Gasteiger partial charge in [0.05, 0.1) is 7.11 Å². The lowest BCUT2D eigenvalue weighted by Gasteiger charge is -2.07. The van der Waals surface area contributed by atoms with E-state index in [1.54, 1.807) is 7.11 Å². The number of hydrogen-bond donors (Lipinski definition) is 1. The van der Waals surface area contributed by atoms with Crippen molar-refractivity contribution in [3.05, 3.63) is 51.7 Å². The highest BCUT2D eigenvalue weighted by Gasteiger charge is 1.96. The molecule has 0 aliphatic rings. The van der Waals surface area contributed by atoms with Gasteiger partial charge < -0.3 is 10.1 Å². The van der Waals surface area contributed by atoms with Crippen molar-refractivity contribution in [3.8, 4) is 5.88 Å². The van der Waals surface area contributed by atoms with E-state index in [1.165, 1.54) is 3.57 Å². The molecule has 4 heteroatoms. The normalized spacial score (nSPS) is 10.0. The lowest BCUT2D eigenvalue weighted by molar-refractivity contribution is 0.397. The minimum atomic E-state index is 0.642. The molecule has 0 fully saturated rings. The fourth-order valence-corrected chi connectivity index (χ4v) is 1.98. The van der Waals surface area contributed by atoms with Gasteiger partial charge >= 0.3 is 0 Å². The van der Waals surface area contributed by atoms with Crippen LogP contribution in [0.5, 0.6) is 5.88 Å². The summed E-state index contributed by atoms with van der Waals surface area (Å²) in [4.78, 5) is 4.16. The quantitative estimate of drug-likeness (QED) is 0.868. The molecule has 0 spiro atoms. The molecule has 0 unspecified atom stereocenters. The Morgan fingerprint density at radius 3 is 2.82 bits per heavy atom. The first kappa shape index (κ1) is 12.2. The van der Waals surface area contributed by atoms with E-state index in [2.05, 4.69) is 51.1 Å². The van der Waals surface area contributed by atoms with Crippen LogP contribution in [-0.4, -0.2) is 12.1 Å². The zero-order valence-electron chi connectivity index (χ0n) is 9.48. The molecule has 1 N–H and O–H groups in total. The summed E-state index contributed by atoms with van der Waals surface area (Å²) in [7, 11) is 1.62. The number of halogens is 1. The predicted molar refractivity (Wildman–Crippen MR) is 77.3 cm³/mol. The van der Waals surface area contributed by atoms with E-state index in [-0.39, 0.29) is 0 Å². The molecule has 2 aromatic rings. The van der Waals surface area contributed by atoms with Gasteiger partial charge in [-0.3, -0.25) is 0 Å². The minimum Gasteiger partial charge on any atom is -0.481 e. The van der Waals surface area contributed by atoms with Gasteiger partial charge in [0.2, 0.25) is 5.88 Å². The maximum absolute atomic E-state index is 5.02. The molecule has 1 aromatic heterocycles. The molecule has 0 amide bonds. The van der Waals surface area contributed by atoms with Crippen molar-refractivity contribution in [1.82, 2.24) is 4.98 Å². The van der Waals surface area contributed by atoms with Crippen molar-refractivity contribution in [2.45, 2.75) is 6.54 Å². The van der Waals surface area contributed by atoms with Crippen molar-refractivity contribution in [3.63, 3.8) is 0 Å². The van der Waals surface area contributed by atoms with Gasteiger partial charge in [0.15, 0.2) is 0 Å². The van der Waals surface area contributed by atoms with E-state index in [4.69, 9.17) is 4.74 Å². The minimum absolute atomic E-state index is 0.642. The molecule has 0 saturated carbocycles. The molecule has 0 atom stereocenters. The lowest BCUT2D eigenvalue weighted by Crippen LogP contribution is -2.00. The number of pyridine rings is 1. The molecule has 3 nitrogen and oxygen atoms in total. The molecule has 2 rings (SSSR count). The van der Waals surface area contributed by atoms with Crippen LogP contribution in [0.1, 0.15) is 5.56 Å². The molecular weight excluding hydrogens is 327 g/mol. The predicted octanol–water partition coefficient (Wildman–Crippen LogP) is 3.31. The van der Waals surface area contributed by atoms with Crippen LogP contribution in [0.15, 0.2) is 42.6 Å². The van der Waals surface area contributed by atoms with E-state index >= 15 is 0 Å². The SMILES string of the molecule is COc1ccc(CNc2cccc(I)c2)cn1. The standard InChI is InChI=1S/C13H13IN2O/c1-17-13-6-5-10(9-16-13)8-15-12-4-2-3-11(14)7-12/h2-7,9,15H,8H2,1H3. The third-order valence-electron chi connectivity index (χ3n) is 2.33. The number of anilines is 1. The lowest BCUT2D eigenvalue weighted by atomic mass is 10.2. The van der Waals surface area contributed by atoms with E-state index < -0.39 is 0 Å². The molecule has 17 heavy (non-hydrogen) atoms. The Kier molecular flexibility index (Phi) is 4.19. The topological polar surface area (TPSA) is 34.1 Å². The summed E-state index contributed by atoms with van der Waals surface area (Å²) in [5, 5.41) is 3.35. The Balaban J connectivity index is 1.97. The Hall–Kier alpha value is -1.30. The number of nitrogens with one attached hydrogen (secondary N) is 1. The van der Waals surface area contributed by atoms with Crippen LogP contribution in [0.3, 0.4) is 0 Å². The van der Waals surface area contributed by atoms with Crippen LogP contribution in [0.2, 0.25) is 0 Å². The van der Waals surface area contributed by atoms with Crippen molar-refractivity contribution < 1.29 is 4.74 Å². The Morgan fingerprint density at radius 1 is 1.29 bits per heavy atom. The molecule has 0 saturated heterocycles. The van der Waals surface area contributed by atoms with Gasteiger partial charge in [0.25, 0.3) is 0 Å². The first-order chi connectivity index (χ1) is 8.28. The monoisotopic (exact) mass is 340 g/mol. The van der Waals surface area contributed by atoms with Gasteiger partial charge in [-0.2, -0.15) is 0 Å². The summed E-state index contributed by atoms with van der Waals surface area (Å²) in [5.74, 6) is 0.642. The summed E-state index contributed by atoms with van der Waals surface area (Å²) >= 11 is 2.30. The zero-order chi connectivity index (χ0) is 12.1. The summed E-state index contributed by atoms with van der Waals surface area (Å²) in [5.41, 5.74) is 2.25. The molecule has 88 valence electrons. The third-order valence-corrected chi connectivity index (χ3v) is 3.00. The van der Waals surface area contributed by atoms with Crippen molar-refractivity contribution in [1.29, 1.82) is 0 Å². The number of nitrogens with zero attached hydrogens (tertiary/aromatic N) is 1. The molecule has 1 aromatic carbocycles. The molecule has 0 aliphatic heterocycles. The highest BCUT2D eigenvalue weighted by molar-refractivity contribution is 14.1. The zero-order valence-corrected chi connectivity index (χ0v) is 11.6. The Labute approximate surface area is 114 Å². The van der Waals surface area contributed by atoms with E-state index in [9.17, 15) is 0 Å². The summed E-state index contributed by atoms with van der Waals surface area (Å²) in [6.07, 6.45) is 1.82. The number of benzene rings is 1. The van der Waals surface area contributed by atoms with E-state index in [1.807, 2.05) is 24.4 Å². The van der Waals surface area contributed by atoms with E-state index in [0.29, 0.717) is 5.88 Å². The highest BCUT2D eigenvalue weighted by Crippen LogP contribution is 2.14. The first-order valence-corrected chi connectivity index (χ1v) is 6.34. The molecular formula is C13H13IN2O. The highest BCUT2D eigenvalue weighted by atomic mass is 127. The van der Waals surface area contributed by atoms with Gasteiger partial charge in [0.1, 0.15) is 0 Å². The maximum Gasteiger partial charge on any atom is 0.212 e. The second-order valence-corrected chi connectivity index (χ2v) is 4.82. The summed E-state index contributed by atoms with van der Waals surface area (Å²) in [6, 6.07) is 12.1. The van der Waals surface area contributed by atoms with Gasteiger partial charge in [-0.25, -0.2) is 4.98 Å². The fourth-order valence-electron chi connectivity index (χ4n) is 1.44. The van der Waals surface area contributed by atoms with Gasteiger partial charge in [-0.1, -0.05) is 12.1 Å². The van der Waals surface area contributed by atoms with Crippen LogP contribution in [-0.2, 0) is 6.54 Å². The van der Waals surface area contributed by atoms with Crippen LogP contribution in [0.4, 0.5) is 5.69 Å². The van der Waals surface area contributed by atoms with Crippen LogP contribution in [0, 0.1) is 3.57 Å². The first-order valence-electron chi connectivity index (χ1n) is 5.26. The number of rotatable bonds is 4. The average Bonchev–Trinajstić information content (AvgIpc) is 2.37. The Morgan fingerprint density at radius 2 is 2.18 bits per heavy atom. The second-order valence-electron chi connectivity index (χ2n) is 3.57. The van der Waals surface area contributed by atoms with Crippen molar-refractivity contribution in [2.75, 3.05) is 12.4 Å². The largest absolute Gasteiger partial charge is 0.481 e. The second kappa shape index (κ2) is 5.86. The van der Waals surface area contributed by atoms with Gasteiger partial charge in [-0.05, 0) is 46.4 Å². The van der Waals surface area contributed by atoms with E-state index in [0.717, 1.165) is 17.8 Å². The average molecular weight is 340 g/mol. The summed E-state index contributed by atoms with van der Waals surface area (Å²) < 4.78 is 6.24.